The molecule has 3 amide bonds. The molecule has 3 fully saturated rings. The fraction of sp³-hybridized carbons (Fsp3) is 0.375. The Hall–Kier alpha value is -2.70. The zero-order valence-electron chi connectivity index (χ0n) is 17.1. The molecule has 0 unspecified atom stereocenters. The Bertz CT molecular complexity index is 1150. The lowest BCUT2D eigenvalue weighted by molar-refractivity contribution is -0.146. The Labute approximate surface area is 185 Å². The Morgan fingerprint density at radius 1 is 1.13 bits per heavy atom. The van der Waals surface area contributed by atoms with Gasteiger partial charge in [-0.3, -0.25) is 24.2 Å². The summed E-state index contributed by atoms with van der Waals surface area (Å²) in [6.07, 6.45) is 1.71. The molecule has 0 saturated carbocycles. The van der Waals surface area contributed by atoms with Crippen LogP contribution in [0.5, 0.6) is 0 Å². The number of fused-ring (bicyclic) bond motifs is 7. The number of rotatable bonds is 2. The molecule has 4 heterocycles. The minimum absolute atomic E-state index is 0.113. The van der Waals surface area contributed by atoms with Crippen LogP contribution in [0.25, 0.3) is 0 Å². The average molecular weight is 436 g/mol. The molecule has 158 valence electrons. The van der Waals surface area contributed by atoms with Gasteiger partial charge < -0.3 is 5.32 Å². The van der Waals surface area contributed by atoms with Crippen molar-refractivity contribution in [1.82, 2.24) is 9.80 Å². The second-order valence-corrected chi connectivity index (χ2v) is 9.45. The van der Waals surface area contributed by atoms with Crippen molar-refractivity contribution < 1.29 is 14.4 Å². The van der Waals surface area contributed by atoms with Crippen molar-refractivity contribution >= 4 is 35.0 Å². The number of likely N-dealkylation sites (tertiary alicyclic amines) is 1. The van der Waals surface area contributed by atoms with Crippen LogP contribution in [0.15, 0.2) is 42.5 Å². The van der Waals surface area contributed by atoms with Gasteiger partial charge in [-0.2, -0.15) is 0 Å². The maximum atomic E-state index is 13.8. The first-order valence-electron chi connectivity index (χ1n) is 10.7. The van der Waals surface area contributed by atoms with Gasteiger partial charge in [-0.1, -0.05) is 48.0 Å². The van der Waals surface area contributed by atoms with Crippen molar-refractivity contribution in [1.29, 1.82) is 0 Å². The Morgan fingerprint density at radius 3 is 2.68 bits per heavy atom. The molecular formula is C24H22ClN3O3. The van der Waals surface area contributed by atoms with Crippen LogP contribution in [0.3, 0.4) is 0 Å². The Balaban J connectivity index is 1.52. The number of nitrogens with zero attached hydrogens (tertiary/aromatic N) is 2. The van der Waals surface area contributed by atoms with Gasteiger partial charge in [0.05, 0.1) is 29.1 Å². The first-order chi connectivity index (χ1) is 14.9. The maximum absolute atomic E-state index is 13.8. The number of carbonyl (C=O) groups is 3. The number of hydrogen-bond acceptors (Lipinski definition) is 4. The van der Waals surface area contributed by atoms with Crippen LogP contribution in [0.2, 0.25) is 5.02 Å². The number of aryl methyl sites for hydroxylation is 1. The van der Waals surface area contributed by atoms with Crippen molar-refractivity contribution in [3.8, 4) is 0 Å². The SMILES string of the molecule is Cc1cc(Cl)c2c(c1)[C@@]1(C(=O)N2)[C@@H]2C(=O)N(Cc3ccccc3)C(=O)[C@@H]2[C@@H]2CCCN21. The summed E-state index contributed by atoms with van der Waals surface area (Å²) in [7, 11) is 0. The van der Waals surface area contributed by atoms with Gasteiger partial charge in [0.1, 0.15) is 5.54 Å². The number of imide groups is 1. The number of nitrogens with one attached hydrogen (secondary N) is 1. The molecule has 3 saturated heterocycles. The highest BCUT2D eigenvalue weighted by Crippen LogP contribution is 2.61. The molecule has 4 atom stereocenters. The summed E-state index contributed by atoms with van der Waals surface area (Å²) >= 11 is 6.49. The molecular weight excluding hydrogens is 414 g/mol. The number of amides is 3. The third-order valence-electron chi connectivity index (χ3n) is 7.47. The highest BCUT2D eigenvalue weighted by molar-refractivity contribution is 6.35. The van der Waals surface area contributed by atoms with Crippen LogP contribution in [-0.2, 0) is 26.5 Å². The van der Waals surface area contributed by atoms with E-state index in [1.807, 2.05) is 49.4 Å². The maximum Gasteiger partial charge on any atom is 0.250 e. The standard InChI is InChI=1S/C24H22ClN3O3/c1-13-10-15-20(16(25)11-13)26-23(31)24(15)19-18(17-8-5-9-28(17)24)21(29)27(22(19)30)12-14-6-3-2-4-7-14/h2-4,6-7,10-11,17-19H,5,8-9,12H2,1H3,(H,26,31)/t17-,18+,19-,24-/m0/s1. The first-order valence-corrected chi connectivity index (χ1v) is 11.1. The van der Waals surface area contributed by atoms with Crippen LogP contribution in [0.1, 0.15) is 29.5 Å². The average Bonchev–Trinajstić information content (AvgIpc) is 3.45. The molecule has 0 aromatic heterocycles. The van der Waals surface area contributed by atoms with Gasteiger partial charge in [0, 0.05) is 11.6 Å². The Morgan fingerprint density at radius 2 is 1.90 bits per heavy atom. The molecule has 0 bridgehead atoms. The lowest BCUT2D eigenvalue weighted by Crippen LogP contribution is -2.54. The van der Waals surface area contributed by atoms with E-state index in [-0.39, 0.29) is 30.3 Å². The van der Waals surface area contributed by atoms with E-state index < -0.39 is 17.4 Å². The molecule has 4 aliphatic rings. The third-order valence-corrected chi connectivity index (χ3v) is 7.77. The van der Waals surface area contributed by atoms with E-state index in [0.717, 1.165) is 29.5 Å². The van der Waals surface area contributed by atoms with Crippen molar-refractivity contribution in [2.24, 2.45) is 11.8 Å². The molecule has 0 aliphatic carbocycles. The van der Waals surface area contributed by atoms with E-state index in [4.69, 9.17) is 11.6 Å². The molecule has 2 aromatic carbocycles. The predicted octanol–water partition coefficient (Wildman–Crippen LogP) is 3.08. The van der Waals surface area contributed by atoms with E-state index in [0.29, 0.717) is 17.3 Å². The lowest BCUT2D eigenvalue weighted by Gasteiger charge is -2.36. The van der Waals surface area contributed by atoms with Crippen molar-refractivity contribution in [2.75, 3.05) is 11.9 Å². The zero-order chi connectivity index (χ0) is 21.5. The van der Waals surface area contributed by atoms with E-state index in [9.17, 15) is 14.4 Å². The minimum atomic E-state index is -1.17. The molecule has 6 nitrogen and oxygen atoms in total. The number of benzene rings is 2. The van der Waals surface area contributed by atoms with Crippen molar-refractivity contribution in [2.45, 2.75) is 37.9 Å². The second-order valence-electron chi connectivity index (χ2n) is 9.04. The normalized spacial score (nSPS) is 31.4. The molecule has 1 N–H and O–H groups in total. The molecule has 4 aliphatic heterocycles. The summed E-state index contributed by atoms with van der Waals surface area (Å²) in [5.41, 5.74) is 1.97. The van der Waals surface area contributed by atoms with Crippen LogP contribution < -0.4 is 5.32 Å². The molecule has 2 aromatic rings. The monoisotopic (exact) mass is 435 g/mol. The Kier molecular flexibility index (Phi) is 3.93. The van der Waals surface area contributed by atoms with Gasteiger partial charge in [0.15, 0.2) is 0 Å². The second kappa shape index (κ2) is 6.40. The summed E-state index contributed by atoms with van der Waals surface area (Å²) in [4.78, 5) is 44.5. The van der Waals surface area contributed by atoms with Gasteiger partial charge in [0.25, 0.3) is 5.91 Å². The quantitative estimate of drug-likeness (QED) is 0.736. The highest BCUT2D eigenvalue weighted by Gasteiger charge is 2.74. The summed E-state index contributed by atoms with van der Waals surface area (Å²) in [5, 5.41) is 3.43. The van der Waals surface area contributed by atoms with Gasteiger partial charge in [-0.15, -0.1) is 0 Å². The van der Waals surface area contributed by atoms with Crippen LogP contribution in [-0.4, -0.2) is 40.1 Å². The van der Waals surface area contributed by atoms with Crippen molar-refractivity contribution in [3.63, 3.8) is 0 Å². The van der Waals surface area contributed by atoms with E-state index >= 15 is 0 Å². The van der Waals surface area contributed by atoms with E-state index in [1.165, 1.54) is 4.90 Å². The number of halogens is 1. The molecule has 6 rings (SSSR count). The predicted molar refractivity (Wildman–Crippen MR) is 115 cm³/mol. The van der Waals surface area contributed by atoms with Crippen molar-refractivity contribution in [3.05, 3.63) is 64.2 Å². The minimum Gasteiger partial charge on any atom is -0.323 e. The summed E-state index contributed by atoms with van der Waals surface area (Å²) in [5.74, 6) is -1.89. The summed E-state index contributed by atoms with van der Waals surface area (Å²) in [6.45, 7) is 2.85. The van der Waals surface area contributed by atoms with E-state index in [2.05, 4.69) is 10.2 Å². The topological polar surface area (TPSA) is 69.7 Å². The van der Waals surface area contributed by atoms with Gasteiger partial charge in [-0.05, 0) is 43.5 Å². The van der Waals surface area contributed by atoms with Crippen LogP contribution >= 0.6 is 11.6 Å². The van der Waals surface area contributed by atoms with Gasteiger partial charge in [0.2, 0.25) is 11.8 Å². The third kappa shape index (κ3) is 2.29. The molecule has 7 heteroatoms. The van der Waals surface area contributed by atoms with Crippen LogP contribution in [0.4, 0.5) is 5.69 Å². The highest BCUT2D eigenvalue weighted by atomic mass is 35.5. The molecule has 1 spiro atoms. The largest absolute Gasteiger partial charge is 0.323 e. The fourth-order valence-electron chi connectivity index (χ4n) is 6.38. The summed E-state index contributed by atoms with van der Waals surface area (Å²) in [6, 6.07) is 13.2. The number of carbonyl (C=O) groups excluding carboxylic acids is 3. The summed E-state index contributed by atoms with van der Waals surface area (Å²) < 4.78 is 0. The molecule has 0 radical (unpaired) electrons. The smallest absolute Gasteiger partial charge is 0.250 e. The fourth-order valence-corrected chi connectivity index (χ4v) is 6.70. The van der Waals surface area contributed by atoms with Crippen LogP contribution in [0, 0.1) is 18.8 Å². The zero-order valence-corrected chi connectivity index (χ0v) is 17.9. The lowest BCUT2D eigenvalue weighted by atomic mass is 9.75. The molecule has 31 heavy (non-hydrogen) atoms. The van der Waals surface area contributed by atoms with E-state index in [1.54, 1.807) is 0 Å². The number of hydrogen-bond donors (Lipinski definition) is 1. The number of anilines is 1. The van der Waals surface area contributed by atoms with Gasteiger partial charge in [-0.25, -0.2) is 0 Å². The van der Waals surface area contributed by atoms with Gasteiger partial charge >= 0.3 is 0 Å². The first kappa shape index (κ1) is 19.0.